The van der Waals surface area contributed by atoms with Gasteiger partial charge in [-0.1, -0.05) is 12.1 Å². The smallest absolute Gasteiger partial charge is 0.284 e. The molecule has 0 spiro atoms. The second-order valence-electron chi connectivity index (χ2n) is 5.21. The Labute approximate surface area is 145 Å². The van der Waals surface area contributed by atoms with Crippen LogP contribution in [-0.4, -0.2) is 31.8 Å². The van der Waals surface area contributed by atoms with E-state index >= 15 is 0 Å². The van der Waals surface area contributed by atoms with E-state index in [9.17, 15) is 8.42 Å². The molecule has 2 aromatic carbocycles. The standard InChI is InChI=1S/C17H17N3O4S/c1-23-13-6-8-15(9-7-13)25(21,22)20-17(18)11-16(19-20)12-4-3-5-14(10-12)24-2/h3-11H,18H2,1-2H3. The Morgan fingerprint density at radius 3 is 2.28 bits per heavy atom. The highest BCUT2D eigenvalue weighted by Gasteiger charge is 2.22. The summed E-state index contributed by atoms with van der Waals surface area (Å²) < 4.78 is 36.6. The number of nitrogens with two attached hydrogens (primary N) is 1. The van der Waals surface area contributed by atoms with Crippen molar-refractivity contribution in [2.75, 3.05) is 20.0 Å². The highest BCUT2D eigenvalue weighted by atomic mass is 32.2. The maximum Gasteiger partial charge on any atom is 0.284 e. The van der Waals surface area contributed by atoms with Crippen LogP contribution in [0, 0.1) is 0 Å². The van der Waals surface area contributed by atoms with Gasteiger partial charge < -0.3 is 15.2 Å². The van der Waals surface area contributed by atoms with Crippen LogP contribution in [0.25, 0.3) is 11.3 Å². The number of nitrogens with zero attached hydrogens (tertiary/aromatic N) is 2. The Kier molecular flexibility index (Phi) is 4.37. The molecule has 0 aliphatic carbocycles. The Morgan fingerprint density at radius 1 is 0.960 bits per heavy atom. The molecule has 0 amide bonds. The van der Waals surface area contributed by atoms with Gasteiger partial charge in [-0.05, 0) is 36.4 Å². The summed E-state index contributed by atoms with van der Waals surface area (Å²) in [5.41, 5.74) is 7.04. The van der Waals surface area contributed by atoms with Gasteiger partial charge in [-0.2, -0.15) is 13.5 Å². The zero-order valence-corrected chi connectivity index (χ0v) is 14.5. The average molecular weight is 359 g/mol. The third kappa shape index (κ3) is 3.16. The molecular weight excluding hydrogens is 342 g/mol. The quantitative estimate of drug-likeness (QED) is 0.751. The molecule has 7 nitrogen and oxygen atoms in total. The van der Waals surface area contributed by atoms with E-state index in [0.29, 0.717) is 22.8 Å². The van der Waals surface area contributed by atoms with Gasteiger partial charge in [0.15, 0.2) is 0 Å². The van der Waals surface area contributed by atoms with Gasteiger partial charge in [-0.15, -0.1) is 4.09 Å². The molecule has 2 N–H and O–H groups in total. The predicted octanol–water partition coefficient (Wildman–Crippen LogP) is 2.39. The van der Waals surface area contributed by atoms with Gasteiger partial charge in [0, 0.05) is 11.6 Å². The first-order valence-corrected chi connectivity index (χ1v) is 8.79. The Balaban J connectivity index is 2.03. The lowest BCUT2D eigenvalue weighted by atomic mass is 10.1. The second-order valence-corrected chi connectivity index (χ2v) is 6.98. The number of benzene rings is 2. The molecule has 25 heavy (non-hydrogen) atoms. The molecule has 0 aliphatic heterocycles. The summed E-state index contributed by atoms with van der Waals surface area (Å²) in [5, 5.41) is 4.16. The summed E-state index contributed by atoms with van der Waals surface area (Å²) >= 11 is 0. The fourth-order valence-corrected chi connectivity index (χ4v) is 3.55. The van der Waals surface area contributed by atoms with E-state index in [1.54, 1.807) is 43.5 Å². The molecule has 8 heteroatoms. The van der Waals surface area contributed by atoms with Crippen molar-refractivity contribution in [3.05, 3.63) is 54.6 Å². The average Bonchev–Trinajstić information content (AvgIpc) is 3.04. The van der Waals surface area contributed by atoms with Crippen molar-refractivity contribution in [3.8, 4) is 22.8 Å². The first-order chi connectivity index (χ1) is 12.0. The summed E-state index contributed by atoms with van der Waals surface area (Å²) in [4.78, 5) is 0.0697. The molecular formula is C17H17N3O4S. The summed E-state index contributed by atoms with van der Waals surface area (Å²) in [7, 11) is -0.839. The largest absolute Gasteiger partial charge is 0.497 e. The lowest BCUT2D eigenvalue weighted by Gasteiger charge is -2.07. The molecule has 130 valence electrons. The van der Waals surface area contributed by atoms with Gasteiger partial charge >= 0.3 is 0 Å². The molecule has 0 bridgehead atoms. The van der Waals surface area contributed by atoms with Crippen LogP contribution < -0.4 is 15.2 Å². The monoisotopic (exact) mass is 359 g/mol. The van der Waals surface area contributed by atoms with E-state index in [0.717, 1.165) is 4.09 Å². The van der Waals surface area contributed by atoms with Crippen LogP contribution in [0.4, 0.5) is 5.82 Å². The molecule has 0 saturated carbocycles. The maximum atomic E-state index is 12.8. The van der Waals surface area contributed by atoms with E-state index in [1.165, 1.54) is 25.3 Å². The number of aromatic nitrogens is 2. The summed E-state index contributed by atoms with van der Waals surface area (Å²) in [6, 6.07) is 14.7. The van der Waals surface area contributed by atoms with E-state index < -0.39 is 10.0 Å². The van der Waals surface area contributed by atoms with Crippen LogP contribution in [0.1, 0.15) is 0 Å². The van der Waals surface area contributed by atoms with Crippen LogP contribution in [0.5, 0.6) is 11.5 Å². The number of hydrogen-bond acceptors (Lipinski definition) is 6. The molecule has 0 unspecified atom stereocenters. The predicted molar refractivity (Wildman–Crippen MR) is 94.2 cm³/mol. The third-order valence-corrected chi connectivity index (χ3v) is 5.27. The zero-order valence-electron chi connectivity index (χ0n) is 13.7. The van der Waals surface area contributed by atoms with Crippen LogP contribution in [0.15, 0.2) is 59.5 Å². The first-order valence-electron chi connectivity index (χ1n) is 7.35. The van der Waals surface area contributed by atoms with Crippen LogP contribution in [0.3, 0.4) is 0 Å². The molecule has 1 aromatic heterocycles. The fraction of sp³-hybridized carbons (Fsp3) is 0.118. The van der Waals surface area contributed by atoms with Gasteiger partial charge in [-0.3, -0.25) is 0 Å². The molecule has 1 heterocycles. The van der Waals surface area contributed by atoms with Crippen molar-refractivity contribution < 1.29 is 17.9 Å². The SMILES string of the molecule is COc1ccc(S(=O)(=O)n2nc(-c3cccc(OC)c3)cc2N)cc1. The number of nitrogen functional groups attached to an aromatic ring is 1. The summed E-state index contributed by atoms with van der Waals surface area (Å²) in [6.07, 6.45) is 0. The molecule has 0 atom stereocenters. The van der Waals surface area contributed by atoms with Gasteiger partial charge in [-0.25, -0.2) is 0 Å². The van der Waals surface area contributed by atoms with Gasteiger partial charge in [0.05, 0.1) is 24.8 Å². The lowest BCUT2D eigenvalue weighted by Crippen LogP contribution is -2.16. The highest BCUT2D eigenvalue weighted by molar-refractivity contribution is 7.90. The van der Waals surface area contributed by atoms with Crippen molar-refractivity contribution in [1.29, 1.82) is 0 Å². The van der Waals surface area contributed by atoms with Gasteiger partial charge in [0.25, 0.3) is 10.0 Å². The van der Waals surface area contributed by atoms with E-state index in [4.69, 9.17) is 15.2 Å². The van der Waals surface area contributed by atoms with E-state index in [2.05, 4.69) is 5.10 Å². The number of rotatable bonds is 5. The minimum atomic E-state index is -3.90. The Bertz CT molecular complexity index is 995. The van der Waals surface area contributed by atoms with Crippen molar-refractivity contribution in [1.82, 2.24) is 9.19 Å². The molecule has 3 rings (SSSR count). The number of anilines is 1. The number of hydrogen-bond donors (Lipinski definition) is 1. The maximum absolute atomic E-state index is 12.8. The van der Waals surface area contributed by atoms with E-state index in [1.807, 2.05) is 0 Å². The third-order valence-electron chi connectivity index (χ3n) is 3.65. The first kappa shape index (κ1) is 16.8. The number of methoxy groups -OCH3 is 2. The molecule has 0 radical (unpaired) electrons. The summed E-state index contributed by atoms with van der Waals surface area (Å²) in [6.45, 7) is 0. The van der Waals surface area contributed by atoms with Crippen LogP contribution >= 0.6 is 0 Å². The second kappa shape index (κ2) is 6.48. The lowest BCUT2D eigenvalue weighted by molar-refractivity contribution is 0.414. The minimum absolute atomic E-state index is 0.0219. The molecule has 0 aliphatic rings. The highest BCUT2D eigenvalue weighted by Crippen LogP contribution is 2.27. The molecule has 0 fully saturated rings. The Hall–Kier alpha value is -3.00. The van der Waals surface area contributed by atoms with E-state index in [-0.39, 0.29) is 10.7 Å². The van der Waals surface area contributed by atoms with Crippen molar-refractivity contribution in [3.63, 3.8) is 0 Å². The van der Waals surface area contributed by atoms with Crippen LogP contribution in [-0.2, 0) is 10.0 Å². The van der Waals surface area contributed by atoms with Crippen molar-refractivity contribution in [2.24, 2.45) is 0 Å². The topological polar surface area (TPSA) is 96.4 Å². The Morgan fingerprint density at radius 2 is 1.64 bits per heavy atom. The van der Waals surface area contributed by atoms with Gasteiger partial charge in [0.2, 0.25) is 0 Å². The molecule has 0 saturated heterocycles. The van der Waals surface area contributed by atoms with Crippen molar-refractivity contribution in [2.45, 2.75) is 4.90 Å². The zero-order chi connectivity index (χ0) is 18.0. The summed E-state index contributed by atoms with van der Waals surface area (Å²) in [5.74, 6) is 1.22. The van der Waals surface area contributed by atoms with Gasteiger partial charge in [0.1, 0.15) is 17.3 Å². The minimum Gasteiger partial charge on any atom is -0.497 e. The van der Waals surface area contributed by atoms with Crippen LogP contribution in [0.2, 0.25) is 0 Å². The fourth-order valence-electron chi connectivity index (χ4n) is 2.34. The normalized spacial score (nSPS) is 11.3. The number of ether oxygens (including phenoxy) is 2. The molecule has 3 aromatic rings. The van der Waals surface area contributed by atoms with Crippen molar-refractivity contribution >= 4 is 15.8 Å².